The SMILES string of the molecule is O=C(Cn1nc(-c2ccc(F)cc2)ccc1=O)NCc1ccc(OCc2ccccc2)cc1. The third-order valence-corrected chi connectivity index (χ3v) is 4.96. The van der Waals surface area contributed by atoms with Crippen LogP contribution in [0.4, 0.5) is 4.39 Å². The molecular formula is C26H22FN3O3. The highest BCUT2D eigenvalue weighted by Gasteiger charge is 2.08. The summed E-state index contributed by atoms with van der Waals surface area (Å²) in [6.07, 6.45) is 0. The Kier molecular flexibility index (Phi) is 6.90. The summed E-state index contributed by atoms with van der Waals surface area (Å²) >= 11 is 0. The van der Waals surface area contributed by atoms with E-state index in [0.29, 0.717) is 24.4 Å². The first-order chi connectivity index (χ1) is 16.1. The molecule has 0 spiro atoms. The molecule has 166 valence electrons. The lowest BCUT2D eigenvalue weighted by Crippen LogP contribution is -2.33. The van der Waals surface area contributed by atoms with Gasteiger partial charge in [-0.15, -0.1) is 0 Å². The van der Waals surface area contributed by atoms with Crippen molar-refractivity contribution >= 4 is 5.91 Å². The van der Waals surface area contributed by atoms with Crippen molar-refractivity contribution in [2.45, 2.75) is 19.7 Å². The second-order valence-electron chi connectivity index (χ2n) is 7.42. The van der Waals surface area contributed by atoms with Crippen molar-refractivity contribution in [3.63, 3.8) is 0 Å². The van der Waals surface area contributed by atoms with Crippen molar-refractivity contribution in [1.29, 1.82) is 0 Å². The molecule has 0 fully saturated rings. The van der Waals surface area contributed by atoms with E-state index >= 15 is 0 Å². The molecule has 1 heterocycles. The first-order valence-electron chi connectivity index (χ1n) is 10.4. The quantitative estimate of drug-likeness (QED) is 0.448. The zero-order valence-corrected chi connectivity index (χ0v) is 17.8. The van der Waals surface area contributed by atoms with Gasteiger partial charge in [0.15, 0.2) is 0 Å². The molecule has 33 heavy (non-hydrogen) atoms. The molecule has 3 aromatic carbocycles. The van der Waals surface area contributed by atoms with Gasteiger partial charge in [-0.1, -0.05) is 42.5 Å². The highest BCUT2D eigenvalue weighted by Crippen LogP contribution is 2.16. The van der Waals surface area contributed by atoms with Crippen LogP contribution in [-0.4, -0.2) is 15.7 Å². The summed E-state index contributed by atoms with van der Waals surface area (Å²) < 4.78 is 20.0. The highest BCUT2D eigenvalue weighted by molar-refractivity contribution is 5.75. The molecule has 0 aliphatic carbocycles. The normalized spacial score (nSPS) is 10.6. The average Bonchev–Trinajstić information content (AvgIpc) is 2.85. The third-order valence-electron chi connectivity index (χ3n) is 4.96. The Hall–Kier alpha value is -4.26. The van der Waals surface area contributed by atoms with Crippen LogP contribution in [0, 0.1) is 5.82 Å². The Morgan fingerprint density at radius 3 is 2.33 bits per heavy atom. The van der Waals surface area contributed by atoms with Gasteiger partial charge in [-0.05, 0) is 53.6 Å². The highest BCUT2D eigenvalue weighted by atomic mass is 19.1. The van der Waals surface area contributed by atoms with E-state index < -0.39 is 5.56 Å². The number of hydrogen-bond donors (Lipinski definition) is 1. The lowest BCUT2D eigenvalue weighted by Gasteiger charge is -2.10. The van der Waals surface area contributed by atoms with Crippen molar-refractivity contribution in [3.05, 3.63) is 118 Å². The summed E-state index contributed by atoms with van der Waals surface area (Å²) in [6, 6.07) is 26.0. The summed E-state index contributed by atoms with van der Waals surface area (Å²) in [5.41, 5.74) is 2.72. The van der Waals surface area contributed by atoms with Gasteiger partial charge in [0.1, 0.15) is 24.7 Å². The molecule has 0 saturated carbocycles. The largest absolute Gasteiger partial charge is 0.489 e. The van der Waals surface area contributed by atoms with E-state index in [2.05, 4.69) is 10.4 Å². The van der Waals surface area contributed by atoms with E-state index in [1.165, 1.54) is 18.2 Å². The van der Waals surface area contributed by atoms with E-state index in [0.717, 1.165) is 21.6 Å². The van der Waals surface area contributed by atoms with Gasteiger partial charge in [0.05, 0.1) is 5.69 Å². The number of aromatic nitrogens is 2. The molecule has 0 atom stereocenters. The molecule has 6 nitrogen and oxygen atoms in total. The molecule has 0 aliphatic heterocycles. The van der Waals surface area contributed by atoms with Crippen LogP contribution in [0.3, 0.4) is 0 Å². The standard InChI is InChI=1S/C26H22FN3O3/c27-22-10-8-21(9-11-22)24-14-15-26(32)30(29-24)17-25(31)28-16-19-6-12-23(13-7-19)33-18-20-4-2-1-3-5-20/h1-15H,16-18H2,(H,28,31). The van der Waals surface area contributed by atoms with Gasteiger partial charge in [0.25, 0.3) is 5.56 Å². The van der Waals surface area contributed by atoms with E-state index in [1.54, 1.807) is 18.2 Å². The van der Waals surface area contributed by atoms with Gasteiger partial charge in [0.2, 0.25) is 5.91 Å². The van der Waals surface area contributed by atoms with E-state index in [-0.39, 0.29) is 18.3 Å². The van der Waals surface area contributed by atoms with Crippen LogP contribution < -0.4 is 15.6 Å². The molecule has 0 bridgehead atoms. The van der Waals surface area contributed by atoms with Crippen molar-refractivity contribution < 1.29 is 13.9 Å². The lowest BCUT2D eigenvalue weighted by atomic mass is 10.1. The molecule has 1 amide bonds. The summed E-state index contributed by atoms with van der Waals surface area (Å²) in [6.45, 7) is 0.575. The summed E-state index contributed by atoms with van der Waals surface area (Å²) in [5, 5.41) is 7.02. The smallest absolute Gasteiger partial charge is 0.267 e. The molecule has 7 heteroatoms. The number of halogens is 1. The topological polar surface area (TPSA) is 73.2 Å². The zero-order chi connectivity index (χ0) is 23.0. The first kappa shape index (κ1) is 22.0. The maximum absolute atomic E-state index is 13.1. The number of carbonyl (C=O) groups excluding carboxylic acids is 1. The van der Waals surface area contributed by atoms with Gasteiger partial charge in [0, 0.05) is 18.2 Å². The van der Waals surface area contributed by atoms with Crippen LogP contribution in [0.25, 0.3) is 11.3 Å². The van der Waals surface area contributed by atoms with Crippen molar-refractivity contribution in [3.8, 4) is 17.0 Å². The van der Waals surface area contributed by atoms with Crippen LogP contribution in [0.15, 0.2) is 95.8 Å². The van der Waals surface area contributed by atoms with Crippen LogP contribution in [0.2, 0.25) is 0 Å². The fraction of sp³-hybridized carbons (Fsp3) is 0.115. The van der Waals surface area contributed by atoms with E-state index in [1.807, 2.05) is 54.6 Å². The Morgan fingerprint density at radius 2 is 1.61 bits per heavy atom. The van der Waals surface area contributed by atoms with Crippen molar-refractivity contribution in [1.82, 2.24) is 15.1 Å². The third kappa shape index (κ3) is 6.13. The number of ether oxygens (including phenoxy) is 1. The first-order valence-corrected chi connectivity index (χ1v) is 10.4. The Balaban J connectivity index is 1.31. The van der Waals surface area contributed by atoms with Gasteiger partial charge in [-0.25, -0.2) is 9.07 Å². The second kappa shape index (κ2) is 10.4. The molecule has 1 aromatic heterocycles. The fourth-order valence-corrected chi connectivity index (χ4v) is 3.17. The zero-order valence-electron chi connectivity index (χ0n) is 17.8. The number of benzene rings is 3. The number of hydrogen-bond acceptors (Lipinski definition) is 4. The lowest BCUT2D eigenvalue weighted by molar-refractivity contribution is -0.122. The maximum atomic E-state index is 13.1. The number of nitrogens with one attached hydrogen (secondary N) is 1. The summed E-state index contributed by atoms with van der Waals surface area (Å²) in [7, 11) is 0. The van der Waals surface area contributed by atoms with E-state index in [9.17, 15) is 14.0 Å². The Morgan fingerprint density at radius 1 is 0.879 bits per heavy atom. The minimum absolute atomic E-state index is 0.216. The molecular weight excluding hydrogens is 421 g/mol. The fourth-order valence-electron chi connectivity index (χ4n) is 3.17. The van der Waals surface area contributed by atoms with Gasteiger partial charge < -0.3 is 10.1 Å². The van der Waals surface area contributed by atoms with Gasteiger partial charge >= 0.3 is 0 Å². The maximum Gasteiger partial charge on any atom is 0.267 e. The Bertz CT molecular complexity index is 1270. The van der Waals surface area contributed by atoms with Crippen LogP contribution in [-0.2, 0) is 24.5 Å². The van der Waals surface area contributed by atoms with E-state index in [4.69, 9.17) is 4.74 Å². The monoisotopic (exact) mass is 443 g/mol. The molecule has 0 radical (unpaired) electrons. The predicted octanol–water partition coefficient (Wildman–Crippen LogP) is 3.94. The van der Waals surface area contributed by atoms with Crippen molar-refractivity contribution in [2.24, 2.45) is 0 Å². The van der Waals surface area contributed by atoms with Crippen LogP contribution >= 0.6 is 0 Å². The minimum Gasteiger partial charge on any atom is -0.489 e. The van der Waals surface area contributed by atoms with Crippen LogP contribution in [0.5, 0.6) is 5.75 Å². The van der Waals surface area contributed by atoms with Gasteiger partial charge in [-0.3, -0.25) is 9.59 Å². The minimum atomic E-state index is -0.393. The van der Waals surface area contributed by atoms with Crippen molar-refractivity contribution in [2.75, 3.05) is 0 Å². The second-order valence-corrected chi connectivity index (χ2v) is 7.42. The summed E-state index contributed by atoms with van der Waals surface area (Å²) in [4.78, 5) is 24.5. The molecule has 4 rings (SSSR count). The number of nitrogens with zero attached hydrogens (tertiary/aromatic N) is 2. The van der Waals surface area contributed by atoms with Crippen LogP contribution in [0.1, 0.15) is 11.1 Å². The molecule has 0 aliphatic rings. The number of rotatable bonds is 8. The van der Waals surface area contributed by atoms with Gasteiger partial charge in [-0.2, -0.15) is 5.10 Å². The predicted molar refractivity (Wildman–Crippen MR) is 123 cm³/mol. The molecule has 1 N–H and O–H groups in total. The molecule has 0 unspecified atom stereocenters. The Labute approximate surface area is 190 Å². The molecule has 4 aromatic rings. The average molecular weight is 443 g/mol. The summed E-state index contributed by atoms with van der Waals surface area (Å²) in [5.74, 6) is 0.0368. The number of carbonyl (C=O) groups is 1. The molecule has 0 saturated heterocycles. The number of amides is 1.